The fourth-order valence-corrected chi connectivity index (χ4v) is 2.66. The highest BCUT2D eigenvalue weighted by atomic mass is 16.5. The molecule has 1 aliphatic heterocycles. The Morgan fingerprint density at radius 3 is 2.75 bits per heavy atom. The zero-order valence-electron chi connectivity index (χ0n) is 12.5. The van der Waals surface area contributed by atoms with Gasteiger partial charge in [-0.2, -0.15) is 0 Å². The van der Waals surface area contributed by atoms with Crippen LogP contribution in [0.3, 0.4) is 0 Å². The molecule has 0 aromatic heterocycles. The van der Waals surface area contributed by atoms with Crippen molar-refractivity contribution in [3.05, 3.63) is 48.0 Å². The standard InChI is InChI=1S/C17H23NO2/c1-4-5-11-16(19)18-15(13-20-17(18,2)3)12-14-9-7-6-8-10-14/h5-11,15H,4,12-13H2,1-3H3/b11-5+/t15-/m0/s1. The van der Waals surface area contributed by atoms with E-state index in [9.17, 15) is 4.79 Å². The fourth-order valence-electron chi connectivity index (χ4n) is 2.66. The Bertz CT molecular complexity index is 479. The molecule has 0 N–H and O–H groups in total. The maximum Gasteiger partial charge on any atom is 0.248 e. The maximum atomic E-state index is 12.4. The number of carbonyl (C=O) groups is 1. The molecule has 108 valence electrons. The molecular formula is C17H23NO2. The van der Waals surface area contributed by atoms with Gasteiger partial charge in [-0.15, -0.1) is 0 Å². The van der Waals surface area contributed by atoms with Crippen LogP contribution in [0.5, 0.6) is 0 Å². The molecule has 0 bridgehead atoms. The molecule has 1 amide bonds. The molecule has 1 saturated heterocycles. The summed E-state index contributed by atoms with van der Waals surface area (Å²) in [5.41, 5.74) is 0.699. The van der Waals surface area contributed by atoms with Gasteiger partial charge in [-0.25, -0.2) is 0 Å². The van der Waals surface area contributed by atoms with Crippen LogP contribution in [0.4, 0.5) is 0 Å². The predicted octanol–water partition coefficient (Wildman–Crippen LogP) is 3.16. The third-order valence-electron chi connectivity index (χ3n) is 3.62. The first kappa shape index (κ1) is 14.8. The Morgan fingerprint density at radius 2 is 2.10 bits per heavy atom. The topological polar surface area (TPSA) is 29.5 Å². The normalized spacial score (nSPS) is 21.6. The van der Waals surface area contributed by atoms with Gasteiger partial charge in [0.05, 0.1) is 12.6 Å². The van der Waals surface area contributed by atoms with E-state index >= 15 is 0 Å². The van der Waals surface area contributed by atoms with Crippen LogP contribution in [-0.2, 0) is 16.0 Å². The Morgan fingerprint density at radius 1 is 1.40 bits per heavy atom. The van der Waals surface area contributed by atoms with Gasteiger partial charge < -0.3 is 9.64 Å². The third kappa shape index (κ3) is 3.28. The van der Waals surface area contributed by atoms with E-state index in [1.807, 2.05) is 49.9 Å². The van der Waals surface area contributed by atoms with Gasteiger partial charge in [0, 0.05) is 0 Å². The molecule has 1 aliphatic rings. The van der Waals surface area contributed by atoms with Crippen molar-refractivity contribution < 1.29 is 9.53 Å². The molecule has 2 rings (SSSR count). The fraction of sp³-hybridized carbons (Fsp3) is 0.471. The molecule has 0 spiro atoms. The Hall–Kier alpha value is -1.61. The monoisotopic (exact) mass is 273 g/mol. The Balaban J connectivity index is 2.15. The van der Waals surface area contributed by atoms with E-state index in [-0.39, 0.29) is 11.9 Å². The van der Waals surface area contributed by atoms with Crippen molar-refractivity contribution in [3.63, 3.8) is 0 Å². The van der Waals surface area contributed by atoms with Gasteiger partial charge in [0.2, 0.25) is 5.91 Å². The van der Waals surface area contributed by atoms with E-state index in [1.54, 1.807) is 6.08 Å². The van der Waals surface area contributed by atoms with Crippen LogP contribution in [-0.4, -0.2) is 29.2 Å². The van der Waals surface area contributed by atoms with Crippen molar-refractivity contribution >= 4 is 5.91 Å². The number of ether oxygens (including phenoxy) is 1. The molecule has 20 heavy (non-hydrogen) atoms. The van der Waals surface area contributed by atoms with E-state index in [2.05, 4.69) is 12.1 Å². The molecule has 0 aliphatic carbocycles. The van der Waals surface area contributed by atoms with Crippen molar-refractivity contribution in [3.8, 4) is 0 Å². The number of carbonyl (C=O) groups excluding carboxylic acids is 1. The molecule has 1 aromatic rings. The van der Waals surface area contributed by atoms with Gasteiger partial charge in [-0.3, -0.25) is 4.79 Å². The lowest BCUT2D eigenvalue weighted by Crippen LogP contribution is -2.47. The van der Waals surface area contributed by atoms with Crippen molar-refractivity contribution in [2.75, 3.05) is 6.61 Å². The highest BCUT2D eigenvalue weighted by Crippen LogP contribution is 2.29. The molecule has 1 fully saturated rings. The summed E-state index contributed by atoms with van der Waals surface area (Å²) in [6.45, 7) is 6.52. The number of amides is 1. The third-order valence-corrected chi connectivity index (χ3v) is 3.62. The lowest BCUT2D eigenvalue weighted by atomic mass is 10.0. The molecule has 3 heteroatoms. The van der Waals surface area contributed by atoms with E-state index < -0.39 is 5.72 Å². The lowest BCUT2D eigenvalue weighted by Gasteiger charge is -2.33. The average Bonchev–Trinajstić information content (AvgIpc) is 2.72. The molecule has 3 nitrogen and oxygen atoms in total. The zero-order valence-corrected chi connectivity index (χ0v) is 12.5. The summed E-state index contributed by atoms with van der Waals surface area (Å²) in [6.07, 6.45) is 5.25. The largest absolute Gasteiger partial charge is 0.354 e. The molecular weight excluding hydrogens is 250 g/mol. The van der Waals surface area contributed by atoms with Gasteiger partial charge >= 0.3 is 0 Å². The quantitative estimate of drug-likeness (QED) is 0.789. The first-order valence-electron chi connectivity index (χ1n) is 7.22. The van der Waals surface area contributed by atoms with Gasteiger partial charge in [-0.05, 0) is 38.3 Å². The molecule has 1 atom stereocenters. The summed E-state index contributed by atoms with van der Waals surface area (Å²) in [5.74, 6) is 0.0373. The minimum atomic E-state index is -0.533. The van der Waals surface area contributed by atoms with Gasteiger partial charge in [0.25, 0.3) is 0 Å². The molecule has 0 unspecified atom stereocenters. The van der Waals surface area contributed by atoms with E-state index in [1.165, 1.54) is 5.56 Å². The van der Waals surface area contributed by atoms with Crippen LogP contribution in [0.25, 0.3) is 0 Å². The summed E-state index contributed by atoms with van der Waals surface area (Å²) >= 11 is 0. The second-order valence-electron chi connectivity index (χ2n) is 5.62. The number of benzene rings is 1. The van der Waals surface area contributed by atoms with Crippen molar-refractivity contribution in [1.82, 2.24) is 4.90 Å². The van der Waals surface area contributed by atoms with Crippen LogP contribution >= 0.6 is 0 Å². The van der Waals surface area contributed by atoms with Crippen LogP contribution in [0.15, 0.2) is 42.5 Å². The van der Waals surface area contributed by atoms with E-state index in [0.29, 0.717) is 6.61 Å². The maximum absolute atomic E-state index is 12.4. The highest BCUT2D eigenvalue weighted by Gasteiger charge is 2.42. The van der Waals surface area contributed by atoms with Gasteiger partial charge in [0.1, 0.15) is 5.72 Å². The summed E-state index contributed by atoms with van der Waals surface area (Å²) in [6, 6.07) is 10.3. The number of rotatable bonds is 4. The molecule has 1 aromatic carbocycles. The van der Waals surface area contributed by atoms with Gasteiger partial charge in [-0.1, -0.05) is 43.3 Å². The second kappa shape index (κ2) is 6.23. The number of allylic oxidation sites excluding steroid dienone is 1. The number of hydrogen-bond acceptors (Lipinski definition) is 2. The average molecular weight is 273 g/mol. The van der Waals surface area contributed by atoms with Crippen LogP contribution in [0, 0.1) is 0 Å². The minimum Gasteiger partial charge on any atom is -0.354 e. The molecule has 1 heterocycles. The predicted molar refractivity (Wildman–Crippen MR) is 80.2 cm³/mol. The van der Waals surface area contributed by atoms with Crippen molar-refractivity contribution in [2.24, 2.45) is 0 Å². The van der Waals surface area contributed by atoms with Crippen LogP contribution < -0.4 is 0 Å². The zero-order chi connectivity index (χ0) is 14.6. The first-order chi connectivity index (χ1) is 9.54. The second-order valence-corrected chi connectivity index (χ2v) is 5.62. The van der Waals surface area contributed by atoms with Gasteiger partial charge in [0.15, 0.2) is 0 Å². The minimum absolute atomic E-state index is 0.0373. The van der Waals surface area contributed by atoms with E-state index in [4.69, 9.17) is 4.74 Å². The molecule has 0 radical (unpaired) electrons. The lowest BCUT2D eigenvalue weighted by molar-refractivity contribution is -0.140. The van der Waals surface area contributed by atoms with Crippen molar-refractivity contribution in [1.29, 1.82) is 0 Å². The van der Waals surface area contributed by atoms with E-state index in [0.717, 1.165) is 12.8 Å². The summed E-state index contributed by atoms with van der Waals surface area (Å²) in [4.78, 5) is 14.2. The SMILES string of the molecule is CC/C=C/C(=O)N1[C@@H](Cc2ccccc2)COC1(C)C. The Kier molecular flexibility index (Phi) is 4.61. The highest BCUT2D eigenvalue weighted by molar-refractivity contribution is 5.88. The number of hydrogen-bond donors (Lipinski definition) is 0. The summed E-state index contributed by atoms with van der Waals surface area (Å²) in [7, 11) is 0. The van der Waals surface area contributed by atoms with Crippen molar-refractivity contribution in [2.45, 2.75) is 45.4 Å². The first-order valence-corrected chi connectivity index (χ1v) is 7.22. The molecule has 0 saturated carbocycles. The van der Waals surface area contributed by atoms with Crippen LogP contribution in [0.2, 0.25) is 0 Å². The van der Waals surface area contributed by atoms with Crippen LogP contribution in [0.1, 0.15) is 32.8 Å². The smallest absolute Gasteiger partial charge is 0.248 e. The summed E-state index contributed by atoms with van der Waals surface area (Å²) < 4.78 is 5.81. The summed E-state index contributed by atoms with van der Waals surface area (Å²) in [5, 5.41) is 0. The number of nitrogens with zero attached hydrogens (tertiary/aromatic N) is 1. The Labute approximate surface area is 121 Å².